The van der Waals surface area contributed by atoms with E-state index in [0.29, 0.717) is 0 Å². The Morgan fingerprint density at radius 2 is 0.879 bits per heavy atom. The molecule has 4 aromatic carbocycles. The molecule has 0 aliphatic carbocycles. The summed E-state index contributed by atoms with van der Waals surface area (Å²) < 4.78 is 6.31. The molecule has 4 rings (SSSR count). The minimum atomic E-state index is 0.232. The Morgan fingerprint density at radius 3 is 1.24 bits per heavy atom. The van der Waals surface area contributed by atoms with Gasteiger partial charge in [-0.3, -0.25) is 0 Å². The SMILES string of the molecule is Cc1ccc(C(Cc2ccccc2)SOSC(Cc2ccccc2)c2ccc(C)cc2)cc1. The van der Waals surface area contributed by atoms with Gasteiger partial charge in [-0.2, -0.15) is 0 Å². The summed E-state index contributed by atoms with van der Waals surface area (Å²) in [5.74, 6) is 0. The van der Waals surface area contributed by atoms with Crippen LogP contribution in [0.4, 0.5) is 0 Å². The van der Waals surface area contributed by atoms with Gasteiger partial charge in [-0.1, -0.05) is 120 Å². The molecule has 4 aromatic rings. The number of hydrogen-bond acceptors (Lipinski definition) is 3. The molecule has 2 atom stereocenters. The maximum atomic E-state index is 6.31. The first kappa shape index (κ1) is 23.7. The van der Waals surface area contributed by atoms with E-state index < -0.39 is 0 Å². The Morgan fingerprint density at radius 1 is 0.515 bits per heavy atom. The molecule has 0 saturated heterocycles. The second kappa shape index (κ2) is 12.1. The molecule has 0 N–H and O–H groups in total. The molecule has 1 nitrogen and oxygen atoms in total. The van der Waals surface area contributed by atoms with Gasteiger partial charge in [0.25, 0.3) is 0 Å². The van der Waals surface area contributed by atoms with Crippen molar-refractivity contribution in [3.63, 3.8) is 0 Å². The lowest BCUT2D eigenvalue weighted by atomic mass is 10.0. The Bertz CT molecular complexity index is 1000. The van der Waals surface area contributed by atoms with E-state index in [-0.39, 0.29) is 10.5 Å². The van der Waals surface area contributed by atoms with Crippen molar-refractivity contribution in [1.82, 2.24) is 0 Å². The van der Waals surface area contributed by atoms with Crippen LogP contribution < -0.4 is 0 Å². The third kappa shape index (κ3) is 7.26. The molecule has 0 amide bonds. The van der Waals surface area contributed by atoms with E-state index >= 15 is 0 Å². The molecule has 0 aromatic heterocycles. The molecule has 0 aliphatic heterocycles. The van der Waals surface area contributed by atoms with Crippen LogP contribution in [-0.4, -0.2) is 0 Å². The van der Waals surface area contributed by atoms with Gasteiger partial charge in [0.15, 0.2) is 0 Å². The van der Waals surface area contributed by atoms with Crippen LogP contribution in [0.3, 0.4) is 0 Å². The summed E-state index contributed by atoms with van der Waals surface area (Å²) in [5, 5.41) is 0.465. The van der Waals surface area contributed by atoms with Crippen LogP contribution >= 0.6 is 24.1 Å². The fraction of sp³-hybridized carbons (Fsp3) is 0.200. The predicted molar refractivity (Wildman–Crippen MR) is 144 cm³/mol. The Kier molecular flexibility index (Phi) is 8.71. The second-order valence-corrected chi connectivity index (χ2v) is 10.5. The molecular weight excluding hydrogens is 440 g/mol. The van der Waals surface area contributed by atoms with Crippen molar-refractivity contribution in [1.29, 1.82) is 0 Å². The van der Waals surface area contributed by atoms with Crippen LogP contribution in [0.1, 0.15) is 43.9 Å². The van der Waals surface area contributed by atoms with Crippen LogP contribution in [0, 0.1) is 13.8 Å². The zero-order valence-corrected chi connectivity index (χ0v) is 20.8. The van der Waals surface area contributed by atoms with Crippen molar-refractivity contribution in [2.75, 3.05) is 0 Å². The van der Waals surface area contributed by atoms with E-state index in [4.69, 9.17) is 3.63 Å². The van der Waals surface area contributed by atoms with Gasteiger partial charge < -0.3 is 0 Å². The van der Waals surface area contributed by atoms with Crippen molar-refractivity contribution in [2.24, 2.45) is 0 Å². The monoisotopic (exact) mass is 470 g/mol. The minimum absolute atomic E-state index is 0.232. The number of aryl methyl sites for hydroxylation is 2. The third-order valence-corrected chi connectivity index (χ3v) is 7.71. The Hall–Kier alpha value is -2.46. The number of benzene rings is 4. The van der Waals surface area contributed by atoms with Crippen LogP contribution in [-0.2, 0) is 16.5 Å². The highest BCUT2D eigenvalue weighted by atomic mass is 32.2. The fourth-order valence-electron chi connectivity index (χ4n) is 3.75. The minimum Gasteiger partial charge on any atom is -0.246 e. The predicted octanol–water partition coefficient (Wildman–Crippen LogP) is 8.88. The summed E-state index contributed by atoms with van der Waals surface area (Å²) >= 11 is 3.15. The van der Waals surface area contributed by atoms with Gasteiger partial charge in [-0.25, -0.2) is 3.63 Å². The van der Waals surface area contributed by atoms with E-state index in [1.165, 1.54) is 33.4 Å². The average Bonchev–Trinajstić information content (AvgIpc) is 2.85. The molecular formula is C30H30OS2. The molecule has 0 spiro atoms. The first-order chi connectivity index (χ1) is 16.2. The number of hydrogen-bond donors (Lipinski definition) is 0. The fourth-order valence-corrected chi connectivity index (χ4v) is 5.75. The van der Waals surface area contributed by atoms with Gasteiger partial charge in [0.2, 0.25) is 0 Å². The van der Waals surface area contributed by atoms with E-state index in [2.05, 4.69) is 123 Å². The quantitative estimate of drug-likeness (QED) is 0.214. The summed E-state index contributed by atoms with van der Waals surface area (Å²) in [6, 6.07) is 39.0. The van der Waals surface area contributed by atoms with E-state index in [1.807, 2.05) is 0 Å². The highest BCUT2D eigenvalue weighted by Crippen LogP contribution is 2.41. The zero-order chi connectivity index (χ0) is 22.9. The van der Waals surface area contributed by atoms with Crippen molar-refractivity contribution in [3.05, 3.63) is 143 Å². The smallest absolute Gasteiger partial charge is 0.0613 e. The lowest BCUT2D eigenvalue weighted by molar-refractivity contribution is 0.713. The molecule has 0 bridgehead atoms. The number of rotatable bonds is 10. The maximum Gasteiger partial charge on any atom is 0.0613 e. The Labute approximate surface area is 207 Å². The van der Waals surface area contributed by atoms with Gasteiger partial charge in [-0.15, -0.1) is 0 Å². The highest BCUT2D eigenvalue weighted by Gasteiger charge is 2.19. The van der Waals surface area contributed by atoms with Crippen molar-refractivity contribution >= 4 is 24.1 Å². The summed E-state index contributed by atoms with van der Waals surface area (Å²) in [6.07, 6.45) is 1.87. The van der Waals surface area contributed by atoms with Crippen LogP contribution in [0.5, 0.6) is 0 Å². The molecule has 0 saturated carbocycles. The summed E-state index contributed by atoms with van der Waals surface area (Å²) in [7, 11) is 0. The van der Waals surface area contributed by atoms with Crippen molar-refractivity contribution in [3.8, 4) is 0 Å². The zero-order valence-electron chi connectivity index (χ0n) is 19.2. The van der Waals surface area contributed by atoms with Crippen molar-refractivity contribution in [2.45, 2.75) is 37.2 Å². The molecule has 0 radical (unpaired) electrons. The summed E-state index contributed by atoms with van der Waals surface area (Å²) in [5.41, 5.74) is 7.79. The molecule has 33 heavy (non-hydrogen) atoms. The van der Waals surface area contributed by atoms with Gasteiger partial charge in [0, 0.05) is 24.1 Å². The van der Waals surface area contributed by atoms with Gasteiger partial charge in [-0.05, 0) is 48.9 Å². The highest BCUT2D eigenvalue weighted by molar-refractivity contribution is 8.08. The maximum absolute atomic E-state index is 6.31. The van der Waals surface area contributed by atoms with Gasteiger partial charge in [0.1, 0.15) is 0 Å². The standard InChI is InChI=1S/C30H30OS2/c1-23-13-17-27(18-14-23)29(21-25-9-5-3-6-10-25)32-31-33-30(22-26-11-7-4-8-12-26)28-19-15-24(2)16-20-28/h3-20,29-30H,21-22H2,1-2H3. The average molecular weight is 471 g/mol. The Balaban J connectivity index is 1.48. The van der Waals surface area contributed by atoms with Crippen LogP contribution in [0.25, 0.3) is 0 Å². The van der Waals surface area contributed by atoms with Crippen LogP contribution in [0.2, 0.25) is 0 Å². The first-order valence-corrected chi connectivity index (χ1v) is 13.0. The lowest BCUT2D eigenvalue weighted by Gasteiger charge is -2.20. The van der Waals surface area contributed by atoms with E-state index in [1.54, 1.807) is 24.1 Å². The van der Waals surface area contributed by atoms with Gasteiger partial charge >= 0.3 is 0 Å². The molecule has 0 heterocycles. The largest absolute Gasteiger partial charge is 0.246 e. The van der Waals surface area contributed by atoms with E-state index in [0.717, 1.165) is 12.8 Å². The second-order valence-electron chi connectivity index (χ2n) is 8.44. The third-order valence-electron chi connectivity index (χ3n) is 5.74. The van der Waals surface area contributed by atoms with Crippen molar-refractivity contribution < 1.29 is 3.63 Å². The molecule has 0 aliphatic rings. The van der Waals surface area contributed by atoms with E-state index in [9.17, 15) is 0 Å². The topological polar surface area (TPSA) is 9.23 Å². The summed E-state index contributed by atoms with van der Waals surface area (Å²) in [6.45, 7) is 4.26. The molecule has 3 heteroatoms. The van der Waals surface area contributed by atoms with Gasteiger partial charge in [0.05, 0.1) is 10.5 Å². The lowest BCUT2D eigenvalue weighted by Crippen LogP contribution is -2.02. The summed E-state index contributed by atoms with van der Waals surface area (Å²) in [4.78, 5) is 0. The molecule has 2 unspecified atom stereocenters. The first-order valence-electron chi connectivity index (χ1n) is 11.4. The van der Waals surface area contributed by atoms with Crippen LogP contribution in [0.15, 0.2) is 109 Å². The normalized spacial score (nSPS) is 12.9. The molecule has 168 valence electrons. The molecule has 0 fully saturated rings.